The fourth-order valence-corrected chi connectivity index (χ4v) is 4.55. The Labute approximate surface area is 170 Å². The summed E-state index contributed by atoms with van der Waals surface area (Å²) in [6.45, 7) is 6.51. The lowest BCUT2D eigenvalue weighted by Gasteiger charge is -2.40. The molecule has 0 radical (unpaired) electrons. The molecule has 2 aliphatic rings. The number of hydrogen-bond acceptors (Lipinski definition) is 6. The maximum Gasteiger partial charge on any atom is 0.244 e. The topological polar surface area (TPSA) is 88.5 Å². The van der Waals surface area contributed by atoms with Crippen LogP contribution in [0.5, 0.6) is 0 Å². The molecule has 8 heteroatoms. The fourth-order valence-electron chi connectivity index (χ4n) is 4.55. The van der Waals surface area contributed by atoms with E-state index in [-0.39, 0.29) is 23.8 Å². The smallest absolute Gasteiger partial charge is 0.244 e. The number of likely N-dealkylation sites (tertiary alicyclic amines) is 2. The molecule has 0 unspecified atom stereocenters. The summed E-state index contributed by atoms with van der Waals surface area (Å²) in [6, 6.07) is 5.22. The van der Waals surface area contributed by atoms with Crippen LogP contribution in [0, 0.1) is 12.7 Å². The number of hydrogen-bond donors (Lipinski definition) is 1. The zero-order chi connectivity index (χ0) is 20.5. The van der Waals surface area contributed by atoms with E-state index < -0.39 is 0 Å². The Morgan fingerprint density at radius 3 is 2.72 bits per heavy atom. The third-order valence-electron chi connectivity index (χ3n) is 6.37. The van der Waals surface area contributed by atoms with Gasteiger partial charge in [0.25, 0.3) is 0 Å². The van der Waals surface area contributed by atoms with Crippen LogP contribution in [0.2, 0.25) is 0 Å². The molecular formula is C21H28FN5O2. The van der Waals surface area contributed by atoms with Crippen molar-refractivity contribution >= 4 is 5.91 Å². The SMILES string of the molecule is Cc1ccc(-c2noc([C@H](C)N3CCC(N4CCC[C@@H]4C(N)=O)CC3)n2)cc1F. The predicted octanol–water partition coefficient (Wildman–Crippen LogP) is 2.66. The fraction of sp³-hybridized carbons (Fsp3) is 0.571. The highest BCUT2D eigenvalue weighted by Gasteiger charge is 2.36. The number of amides is 1. The summed E-state index contributed by atoms with van der Waals surface area (Å²) in [5, 5.41) is 4.04. The zero-order valence-corrected chi connectivity index (χ0v) is 17.0. The van der Waals surface area contributed by atoms with E-state index in [1.165, 1.54) is 6.07 Å². The third-order valence-corrected chi connectivity index (χ3v) is 6.37. The van der Waals surface area contributed by atoms with Crippen LogP contribution in [0.4, 0.5) is 4.39 Å². The number of rotatable bonds is 5. The van der Waals surface area contributed by atoms with Crippen molar-refractivity contribution in [1.82, 2.24) is 19.9 Å². The average molecular weight is 401 g/mol. The number of piperidine rings is 1. The summed E-state index contributed by atoms with van der Waals surface area (Å²) in [7, 11) is 0. The van der Waals surface area contributed by atoms with Gasteiger partial charge < -0.3 is 10.3 Å². The summed E-state index contributed by atoms with van der Waals surface area (Å²) >= 11 is 0. The molecule has 2 saturated heterocycles. The molecule has 29 heavy (non-hydrogen) atoms. The van der Waals surface area contributed by atoms with E-state index in [0.717, 1.165) is 45.3 Å². The van der Waals surface area contributed by atoms with Crippen molar-refractivity contribution < 1.29 is 13.7 Å². The van der Waals surface area contributed by atoms with Gasteiger partial charge in [-0.2, -0.15) is 4.98 Å². The van der Waals surface area contributed by atoms with Gasteiger partial charge in [0.1, 0.15) is 5.82 Å². The van der Waals surface area contributed by atoms with Crippen LogP contribution in [0.25, 0.3) is 11.4 Å². The van der Waals surface area contributed by atoms with Crippen LogP contribution in [0.3, 0.4) is 0 Å². The Kier molecular flexibility index (Phi) is 5.65. The minimum atomic E-state index is -0.278. The molecule has 2 aromatic rings. The molecule has 2 aliphatic heterocycles. The predicted molar refractivity (Wildman–Crippen MR) is 106 cm³/mol. The molecule has 156 valence electrons. The van der Waals surface area contributed by atoms with E-state index in [2.05, 4.69) is 26.9 Å². The summed E-state index contributed by atoms with van der Waals surface area (Å²) in [5.74, 6) is 0.460. The van der Waals surface area contributed by atoms with Gasteiger partial charge in [0.15, 0.2) is 0 Å². The second-order valence-electron chi connectivity index (χ2n) is 8.16. The Morgan fingerprint density at radius 2 is 2.03 bits per heavy atom. The highest BCUT2D eigenvalue weighted by molar-refractivity contribution is 5.80. The quantitative estimate of drug-likeness (QED) is 0.829. The van der Waals surface area contributed by atoms with Crippen molar-refractivity contribution in [2.24, 2.45) is 5.73 Å². The minimum Gasteiger partial charge on any atom is -0.368 e. The maximum absolute atomic E-state index is 13.8. The van der Waals surface area contributed by atoms with Crippen molar-refractivity contribution in [2.75, 3.05) is 19.6 Å². The van der Waals surface area contributed by atoms with Gasteiger partial charge in [-0.1, -0.05) is 17.3 Å². The Bertz CT molecular complexity index is 878. The van der Waals surface area contributed by atoms with Gasteiger partial charge in [-0.3, -0.25) is 14.6 Å². The first-order valence-corrected chi connectivity index (χ1v) is 10.3. The molecular weight excluding hydrogens is 373 g/mol. The van der Waals surface area contributed by atoms with Crippen molar-refractivity contribution in [3.05, 3.63) is 35.5 Å². The lowest BCUT2D eigenvalue weighted by molar-refractivity contribution is -0.123. The third kappa shape index (κ3) is 4.04. The molecule has 2 fully saturated rings. The van der Waals surface area contributed by atoms with Gasteiger partial charge in [-0.05, 0) is 57.7 Å². The highest BCUT2D eigenvalue weighted by Crippen LogP contribution is 2.30. The molecule has 3 heterocycles. The van der Waals surface area contributed by atoms with E-state index in [9.17, 15) is 9.18 Å². The average Bonchev–Trinajstić information content (AvgIpc) is 3.39. The molecule has 0 saturated carbocycles. The molecule has 2 N–H and O–H groups in total. The number of halogens is 1. The molecule has 7 nitrogen and oxygen atoms in total. The first-order valence-electron chi connectivity index (χ1n) is 10.3. The maximum atomic E-state index is 13.8. The largest absolute Gasteiger partial charge is 0.368 e. The van der Waals surface area contributed by atoms with Crippen LogP contribution in [-0.4, -0.2) is 57.6 Å². The van der Waals surface area contributed by atoms with E-state index in [4.69, 9.17) is 10.3 Å². The van der Waals surface area contributed by atoms with Crippen LogP contribution >= 0.6 is 0 Å². The van der Waals surface area contributed by atoms with Crippen molar-refractivity contribution in [1.29, 1.82) is 0 Å². The number of aryl methyl sites for hydroxylation is 1. The lowest BCUT2D eigenvalue weighted by Crippen LogP contribution is -2.50. The van der Waals surface area contributed by atoms with E-state index in [0.29, 0.717) is 28.9 Å². The minimum absolute atomic E-state index is 0.0157. The van der Waals surface area contributed by atoms with Crippen molar-refractivity contribution in [3.63, 3.8) is 0 Å². The van der Waals surface area contributed by atoms with Gasteiger partial charge in [0.2, 0.25) is 17.6 Å². The molecule has 1 aromatic carbocycles. The highest BCUT2D eigenvalue weighted by atomic mass is 19.1. The van der Waals surface area contributed by atoms with Gasteiger partial charge in [0.05, 0.1) is 12.1 Å². The van der Waals surface area contributed by atoms with E-state index in [1.807, 2.05) is 0 Å². The number of carbonyl (C=O) groups excluding carboxylic acids is 1. The molecule has 2 atom stereocenters. The summed E-state index contributed by atoms with van der Waals surface area (Å²) in [5.41, 5.74) is 6.77. The summed E-state index contributed by atoms with van der Waals surface area (Å²) < 4.78 is 19.3. The monoisotopic (exact) mass is 401 g/mol. The lowest BCUT2D eigenvalue weighted by atomic mass is 10.0. The normalized spacial score (nSPS) is 22.8. The van der Waals surface area contributed by atoms with E-state index >= 15 is 0 Å². The number of nitrogens with zero attached hydrogens (tertiary/aromatic N) is 4. The van der Waals surface area contributed by atoms with Crippen LogP contribution in [-0.2, 0) is 4.79 Å². The second-order valence-corrected chi connectivity index (χ2v) is 8.16. The molecule has 0 aliphatic carbocycles. The van der Waals surface area contributed by atoms with Gasteiger partial charge in [0, 0.05) is 24.7 Å². The number of nitrogens with two attached hydrogens (primary N) is 1. The second kappa shape index (κ2) is 8.20. The van der Waals surface area contributed by atoms with Crippen molar-refractivity contribution in [2.45, 2.75) is 57.7 Å². The zero-order valence-electron chi connectivity index (χ0n) is 17.0. The van der Waals surface area contributed by atoms with Crippen LogP contribution in [0.1, 0.15) is 50.1 Å². The Morgan fingerprint density at radius 1 is 1.28 bits per heavy atom. The van der Waals surface area contributed by atoms with Crippen molar-refractivity contribution in [3.8, 4) is 11.4 Å². The first kappa shape index (κ1) is 20.0. The Hall–Kier alpha value is -2.32. The van der Waals surface area contributed by atoms with E-state index in [1.54, 1.807) is 19.1 Å². The number of carbonyl (C=O) groups is 1. The summed E-state index contributed by atoms with van der Waals surface area (Å²) in [6.07, 6.45) is 3.88. The molecule has 0 bridgehead atoms. The van der Waals surface area contributed by atoms with Crippen LogP contribution < -0.4 is 5.73 Å². The summed E-state index contributed by atoms with van der Waals surface area (Å²) in [4.78, 5) is 20.8. The molecule has 1 amide bonds. The number of aromatic nitrogens is 2. The number of primary amides is 1. The number of benzene rings is 1. The standard InChI is InChI=1S/C21H28FN5O2/c1-13-5-6-15(12-17(13)22)20-24-21(29-25-20)14(2)26-10-7-16(8-11-26)27-9-3-4-18(27)19(23)28/h5-6,12,14,16,18H,3-4,7-11H2,1-2H3,(H2,23,28)/t14-,18+/m0/s1. The van der Waals surface area contributed by atoms with Gasteiger partial charge in [-0.15, -0.1) is 0 Å². The molecule has 4 rings (SSSR count). The van der Waals surface area contributed by atoms with Crippen LogP contribution in [0.15, 0.2) is 22.7 Å². The van der Waals surface area contributed by atoms with Gasteiger partial charge >= 0.3 is 0 Å². The van der Waals surface area contributed by atoms with Gasteiger partial charge in [-0.25, -0.2) is 4.39 Å². The molecule has 1 aromatic heterocycles. The first-order chi connectivity index (χ1) is 13.9. The molecule has 0 spiro atoms. The Balaban J connectivity index is 1.39.